The lowest BCUT2D eigenvalue weighted by molar-refractivity contribution is -0.386. The molecule has 1 saturated carbocycles. The molecule has 0 unspecified atom stereocenters. The van der Waals surface area contributed by atoms with Crippen LogP contribution in [0, 0.1) is 20.2 Å². The molecule has 0 bridgehead atoms. The molecule has 0 amide bonds. The van der Waals surface area contributed by atoms with E-state index in [4.69, 9.17) is 0 Å². The van der Waals surface area contributed by atoms with Gasteiger partial charge in [0.25, 0.3) is 11.4 Å². The van der Waals surface area contributed by atoms with Crippen molar-refractivity contribution in [1.29, 1.82) is 0 Å². The third-order valence-corrected chi connectivity index (χ3v) is 5.76. The van der Waals surface area contributed by atoms with Crippen LogP contribution in [0.5, 0.6) is 0 Å². The van der Waals surface area contributed by atoms with E-state index >= 15 is 0 Å². The molecule has 0 aromatic carbocycles. The maximum atomic E-state index is 11.0. The fourth-order valence-electron chi connectivity index (χ4n) is 2.61. The van der Waals surface area contributed by atoms with Crippen molar-refractivity contribution in [2.24, 2.45) is 0 Å². The quantitative estimate of drug-likeness (QED) is 0.622. The van der Waals surface area contributed by atoms with Gasteiger partial charge < -0.3 is 0 Å². The molecule has 0 N–H and O–H groups in total. The summed E-state index contributed by atoms with van der Waals surface area (Å²) in [6.07, 6.45) is 1.70. The standard InChI is InChI=1S/C12H10N2O4S2/c15-13(16)9-3-5-19-11(9)7-1-2-8(7)12-10(14(17)18)4-6-20-12/h3-8H,1-2H2/t7-,8+. The third-order valence-electron chi connectivity index (χ3n) is 3.69. The monoisotopic (exact) mass is 310 g/mol. The molecule has 3 rings (SSSR count). The molecular formula is C12H10N2O4S2. The summed E-state index contributed by atoms with van der Waals surface area (Å²) in [7, 11) is 0. The summed E-state index contributed by atoms with van der Waals surface area (Å²) < 4.78 is 0. The SMILES string of the molecule is O=[N+]([O-])c1ccsc1[C@H]1CC[C@H]1c1sccc1[N+](=O)[O-]. The van der Waals surface area contributed by atoms with E-state index in [0.717, 1.165) is 22.6 Å². The number of hydrogen-bond donors (Lipinski definition) is 0. The molecule has 104 valence electrons. The van der Waals surface area contributed by atoms with Gasteiger partial charge >= 0.3 is 0 Å². The van der Waals surface area contributed by atoms with Crippen LogP contribution >= 0.6 is 22.7 Å². The van der Waals surface area contributed by atoms with Crippen LogP contribution in [0.25, 0.3) is 0 Å². The van der Waals surface area contributed by atoms with Crippen molar-refractivity contribution in [2.75, 3.05) is 0 Å². The molecule has 6 nitrogen and oxygen atoms in total. The van der Waals surface area contributed by atoms with Gasteiger partial charge in [-0.15, -0.1) is 22.7 Å². The maximum Gasteiger partial charge on any atom is 0.283 e. The Morgan fingerprint density at radius 3 is 1.60 bits per heavy atom. The minimum Gasteiger partial charge on any atom is -0.258 e. The van der Waals surface area contributed by atoms with E-state index in [0.29, 0.717) is 0 Å². The number of thiophene rings is 2. The second-order valence-electron chi connectivity index (χ2n) is 4.64. The first-order valence-corrected chi connectivity index (χ1v) is 7.79. The minimum absolute atomic E-state index is 0.0350. The molecule has 0 aliphatic heterocycles. The van der Waals surface area contributed by atoms with Crippen molar-refractivity contribution in [3.63, 3.8) is 0 Å². The number of hydrogen-bond acceptors (Lipinski definition) is 6. The van der Waals surface area contributed by atoms with Crippen molar-refractivity contribution in [3.8, 4) is 0 Å². The Morgan fingerprint density at radius 1 is 0.900 bits per heavy atom. The molecule has 0 saturated heterocycles. The third kappa shape index (κ3) is 2.01. The van der Waals surface area contributed by atoms with E-state index in [1.807, 2.05) is 0 Å². The molecule has 2 heterocycles. The van der Waals surface area contributed by atoms with Gasteiger partial charge in [0, 0.05) is 24.0 Å². The van der Waals surface area contributed by atoms with Gasteiger partial charge in [-0.1, -0.05) is 0 Å². The summed E-state index contributed by atoms with van der Waals surface area (Å²) in [6, 6.07) is 3.02. The Kier molecular flexibility index (Phi) is 3.27. The molecule has 1 aliphatic carbocycles. The summed E-state index contributed by atoms with van der Waals surface area (Å²) in [5.41, 5.74) is 0.285. The largest absolute Gasteiger partial charge is 0.283 e. The summed E-state index contributed by atoms with van der Waals surface area (Å²) in [5.74, 6) is 0.0699. The molecule has 2 aromatic rings. The maximum absolute atomic E-state index is 11.0. The highest BCUT2D eigenvalue weighted by Gasteiger charge is 2.41. The van der Waals surface area contributed by atoms with Gasteiger partial charge in [-0.3, -0.25) is 20.2 Å². The van der Waals surface area contributed by atoms with Gasteiger partial charge in [0.1, 0.15) is 0 Å². The Hall–Kier alpha value is -1.80. The molecule has 1 fully saturated rings. The van der Waals surface area contributed by atoms with Crippen LogP contribution < -0.4 is 0 Å². The van der Waals surface area contributed by atoms with E-state index in [2.05, 4.69) is 0 Å². The van der Waals surface area contributed by atoms with Crippen molar-refractivity contribution >= 4 is 34.0 Å². The van der Waals surface area contributed by atoms with Gasteiger partial charge in [0.15, 0.2) is 0 Å². The smallest absolute Gasteiger partial charge is 0.258 e. The van der Waals surface area contributed by atoms with Gasteiger partial charge in [-0.2, -0.15) is 0 Å². The number of nitrogens with zero attached hydrogens (tertiary/aromatic N) is 2. The van der Waals surface area contributed by atoms with Crippen molar-refractivity contribution < 1.29 is 9.85 Å². The lowest BCUT2D eigenvalue weighted by Gasteiger charge is -2.34. The predicted molar refractivity (Wildman–Crippen MR) is 76.7 cm³/mol. The van der Waals surface area contributed by atoms with Crippen LogP contribution in [-0.2, 0) is 0 Å². The Morgan fingerprint density at radius 2 is 1.30 bits per heavy atom. The molecule has 2 aromatic heterocycles. The zero-order valence-corrected chi connectivity index (χ0v) is 11.9. The average Bonchev–Trinajstić information content (AvgIpc) is 2.96. The van der Waals surface area contributed by atoms with E-state index in [-0.39, 0.29) is 33.1 Å². The molecule has 1 aliphatic rings. The number of nitro groups is 2. The molecular weight excluding hydrogens is 300 g/mol. The highest BCUT2D eigenvalue weighted by Crippen LogP contribution is 2.55. The van der Waals surface area contributed by atoms with Crippen LogP contribution in [0.4, 0.5) is 11.4 Å². The topological polar surface area (TPSA) is 86.3 Å². The summed E-state index contributed by atoms with van der Waals surface area (Å²) >= 11 is 2.74. The first-order valence-electron chi connectivity index (χ1n) is 6.03. The zero-order valence-electron chi connectivity index (χ0n) is 10.2. The van der Waals surface area contributed by atoms with Gasteiger partial charge in [0.05, 0.1) is 19.6 Å². The Labute approximate surface area is 122 Å². The highest BCUT2D eigenvalue weighted by atomic mass is 32.1. The first-order chi connectivity index (χ1) is 9.59. The Balaban J connectivity index is 1.93. The van der Waals surface area contributed by atoms with Gasteiger partial charge in [-0.05, 0) is 23.6 Å². The average molecular weight is 310 g/mol. The second-order valence-corrected chi connectivity index (χ2v) is 6.54. The first kappa shape index (κ1) is 13.2. The lowest BCUT2D eigenvalue weighted by Crippen LogP contribution is -2.21. The van der Waals surface area contributed by atoms with Gasteiger partial charge in [-0.25, -0.2) is 0 Å². The summed E-state index contributed by atoms with van der Waals surface area (Å²) in [6.45, 7) is 0. The Bertz CT molecular complexity index is 620. The van der Waals surface area contributed by atoms with Gasteiger partial charge in [0.2, 0.25) is 0 Å². The van der Waals surface area contributed by atoms with Crippen molar-refractivity contribution in [1.82, 2.24) is 0 Å². The lowest BCUT2D eigenvalue weighted by atomic mass is 9.71. The fourth-order valence-corrected chi connectivity index (χ4v) is 4.74. The second kappa shape index (κ2) is 4.95. The molecule has 8 heteroatoms. The zero-order chi connectivity index (χ0) is 14.3. The van der Waals surface area contributed by atoms with Crippen LogP contribution in [0.1, 0.15) is 34.4 Å². The summed E-state index contributed by atoms with van der Waals surface area (Å²) in [5, 5.41) is 25.4. The van der Waals surface area contributed by atoms with Crippen LogP contribution in [-0.4, -0.2) is 9.85 Å². The normalized spacial score (nSPS) is 21.4. The van der Waals surface area contributed by atoms with Crippen molar-refractivity contribution in [3.05, 3.63) is 52.9 Å². The van der Waals surface area contributed by atoms with Crippen LogP contribution in [0.2, 0.25) is 0 Å². The predicted octanol–water partition coefficient (Wildman–Crippen LogP) is 4.29. The minimum atomic E-state index is -0.371. The summed E-state index contributed by atoms with van der Waals surface area (Å²) in [4.78, 5) is 22.8. The molecule has 20 heavy (non-hydrogen) atoms. The van der Waals surface area contributed by atoms with E-state index in [1.54, 1.807) is 10.8 Å². The molecule has 0 spiro atoms. The molecule has 0 radical (unpaired) electrons. The van der Waals surface area contributed by atoms with E-state index in [1.165, 1.54) is 34.8 Å². The number of rotatable bonds is 4. The van der Waals surface area contributed by atoms with Crippen LogP contribution in [0.3, 0.4) is 0 Å². The van der Waals surface area contributed by atoms with E-state index < -0.39 is 0 Å². The van der Waals surface area contributed by atoms with Crippen molar-refractivity contribution in [2.45, 2.75) is 24.7 Å². The van der Waals surface area contributed by atoms with Crippen LogP contribution in [0.15, 0.2) is 22.9 Å². The fraction of sp³-hybridized carbons (Fsp3) is 0.333. The van der Waals surface area contributed by atoms with E-state index in [9.17, 15) is 20.2 Å². The molecule has 2 atom stereocenters. The highest BCUT2D eigenvalue weighted by molar-refractivity contribution is 7.11.